The number of nitrogens with zero attached hydrogens (tertiary/aromatic N) is 3. The predicted molar refractivity (Wildman–Crippen MR) is 135 cm³/mol. The summed E-state index contributed by atoms with van der Waals surface area (Å²) in [7, 11) is 0. The maximum Gasteiger partial charge on any atom is 0.270 e. The van der Waals surface area contributed by atoms with E-state index in [9.17, 15) is 4.79 Å². The van der Waals surface area contributed by atoms with Gasteiger partial charge < -0.3 is 9.47 Å². The van der Waals surface area contributed by atoms with Gasteiger partial charge in [0.1, 0.15) is 5.69 Å². The molecule has 0 N–H and O–H groups in total. The predicted octanol–water partition coefficient (Wildman–Crippen LogP) is 5.52. The fraction of sp³-hybridized carbons (Fsp3) is 0.276. The molecule has 0 saturated carbocycles. The first-order valence-electron chi connectivity index (χ1n) is 11.9. The Kier molecular flexibility index (Phi) is 6.01. The van der Waals surface area contributed by atoms with Crippen LogP contribution in [0.4, 0.5) is 0 Å². The Morgan fingerprint density at radius 1 is 0.788 bits per heavy atom. The second kappa shape index (κ2) is 9.24. The number of hydrogen-bond donors (Lipinski definition) is 0. The number of benzene rings is 3. The minimum atomic E-state index is 0.154. The van der Waals surface area contributed by atoms with E-state index >= 15 is 0 Å². The van der Waals surface area contributed by atoms with E-state index in [4.69, 9.17) is 0 Å². The van der Waals surface area contributed by atoms with Crippen LogP contribution in [0.3, 0.4) is 0 Å². The number of aryl methyl sites for hydroxylation is 2. The highest BCUT2D eigenvalue weighted by Gasteiger charge is 2.30. The molecule has 1 aromatic heterocycles. The quantitative estimate of drug-likeness (QED) is 0.411. The lowest BCUT2D eigenvalue weighted by atomic mass is 9.96. The Bertz CT molecular complexity index is 1200. The summed E-state index contributed by atoms with van der Waals surface area (Å²) in [6.45, 7) is 8.17. The third kappa shape index (κ3) is 3.96. The standard InChI is InChI=1S/C29H31N3O/c1-3-32-26-17-11-10-16-25(26)22(2)27(32)29(33)31-20-18-30(19-21-31)28(23-12-6-4-7-13-23)24-14-8-5-9-15-24/h4-17,28H,3,18-21H2,1-2H3. The van der Waals surface area contributed by atoms with E-state index in [0.29, 0.717) is 0 Å². The van der Waals surface area contributed by atoms with Gasteiger partial charge in [0.25, 0.3) is 5.91 Å². The molecule has 5 rings (SSSR count). The number of carbonyl (C=O) groups excluding carboxylic acids is 1. The highest BCUT2D eigenvalue weighted by atomic mass is 16.2. The molecular formula is C29H31N3O. The van der Waals surface area contributed by atoms with Gasteiger partial charge in [0.05, 0.1) is 6.04 Å². The first-order valence-corrected chi connectivity index (χ1v) is 11.9. The average Bonchev–Trinajstić information content (AvgIpc) is 3.17. The van der Waals surface area contributed by atoms with Crippen LogP contribution in [0.5, 0.6) is 0 Å². The van der Waals surface area contributed by atoms with Gasteiger partial charge in [0.2, 0.25) is 0 Å². The Labute approximate surface area is 196 Å². The van der Waals surface area contributed by atoms with E-state index < -0.39 is 0 Å². The summed E-state index contributed by atoms with van der Waals surface area (Å²) in [6.07, 6.45) is 0. The molecule has 4 heteroatoms. The van der Waals surface area contributed by atoms with Gasteiger partial charge in [-0.3, -0.25) is 9.69 Å². The van der Waals surface area contributed by atoms with Crippen molar-refractivity contribution in [2.45, 2.75) is 26.4 Å². The molecule has 168 valence electrons. The Balaban J connectivity index is 1.39. The van der Waals surface area contributed by atoms with E-state index in [2.05, 4.69) is 102 Å². The summed E-state index contributed by atoms with van der Waals surface area (Å²) >= 11 is 0. The number of fused-ring (bicyclic) bond motifs is 1. The normalized spacial score (nSPS) is 14.8. The summed E-state index contributed by atoms with van der Waals surface area (Å²) in [6, 6.07) is 29.9. The van der Waals surface area contributed by atoms with Crippen LogP contribution in [0.15, 0.2) is 84.9 Å². The van der Waals surface area contributed by atoms with E-state index in [1.165, 1.54) is 16.5 Å². The molecule has 33 heavy (non-hydrogen) atoms. The molecule has 2 heterocycles. The van der Waals surface area contributed by atoms with Crippen molar-refractivity contribution in [1.82, 2.24) is 14.4 Å². The van der Waals surface area contributed by atoms with Crippen molar-refractivity contribution in [3.63, 3.8) is 0 Å². The van der Waals surface area contributed by atoms with Crippen LogP contribution >= 0.6 is 0 Å². The molecule has 0 unspecified atom stereocenters. The van der Waals surface area contributed by atoms with Gasteiger partial charge in [-0.15, -0.1) is 0 Å². The SMILES string of the molecule is CCn1c(C(=O)N2CCN(C(c3ccccc3)c3ccccc3)CC2)c(C)c2ccccc21. The third-order valence-electron chi connectivity index (χ3n) is 6.94. The second-order valence-corrected chi connectivity index (χ2v) is 8.79. The summed E-state index contributed by atoms with van der Waals surface area (Å²) in [5.41, 5.74) is 5.67. The van der Waals surface area contributed by atoms with Crippen molar-refractivity contribution in [2.24, 2.45) is 0 Å². The number of rotatable bonds is 5. The zero-order valence-corrected chi connectivity index (χ0v) is 19.4. The zero-order chi connectivity index (χ0) is 22.8. The summed E-state index contributed by atoms with van der Waals surface area (Å²) in [5.74, 6) is 0.154. The smallest absolute Gasteiger partial charge is 0.270 e. The molecule has 1 aliphatic rings. The molecular weight excluding hydrogens is 406 g/mol. The van der Waals surface area contributed by atoms with Crippen molar-refractivity contribution >= 4 is 16.8 Å². The highest BCUT2D eigenvalue weighted by Crippen LogP contribution is 2.31. The molecule has 1 fully saturated rings. The maximum absolute atomic E-state index is 13.7. The molecule has 0 atom stereocenters. The highest BCUT2D eigenvalue weighted by molar-refractivity contribution is 6.01. The average molecular weight is 438 g/mol. The molecule has 0 aliphatic carbocycles. The lowest BCUT2D eigenvalue weighted by molar-refractivity contribution is 0.0587. The van der Waals surface area contributed by atoms with Crippen LogP contribution in [-0.4, -0.2) is 46.5 Å². The minimum absolute atomic E-state index is 0.154. The van der Waals surface area contributed by atoms with Crippen LogP contribution in [0.2, 0.25) is 0 Å². The van der Waals surface area contributed by atoms with Gasteiger partial charge in [-0.05, 0) is 36.6 Å². The van der Waals surface area contributed by atoms with E-state index in [1.54, 1.807) is 0 Å². The number of aromatic nitrogens is 1. The zero-order valence-electron chi connectivity index (χ0n) is 19.4. The Morgan fingerprint density at radius 2 is 1.33 bits per heavy atom. The monoisotopic (exact) mass is 437 g/mol. The van der Waals surface area contributed by atoms with Crippen molar-refractivity contribution in [2.75, 3.05) is 26.2 Å². The van der Waals surface area contributed by atoms with Crippen LogP contribution in [-0.2, 0) is 6.54 Å². The number of para-hydroxylation sites is 1. The van der Waals surface area contributed by atoms with Crippen molar-refractivity contribution in [1.29, 1.82) is 0 Å². The Hall–Kier alpha value is -3.37. The second-order valence-electron chi connectivity index (χ2n) is 8.79. The molecule has 1 aliphatic heterocycles. The molecule has 1 saturated heterocycles. The molecule has 0 radical (unpaired) electrons. The Morgan fingerprint density at radius 3 is 1.91 bits per heavy atom. The van der Waals surface area contributed by atoms with Crippen LogP contribution in [0.1, 0.15) is 40.1 Å². The topological polar surface area (TPSA) is 28.5 Å². The fourth-order valence-corrected chi connectivity index (χ4v) is 5.30. The van der Waals surface area contributed by atoms with Gasteiger partial charge >= 0.3 is 0 Å². The van der Waals surface area contributed by atoms with E-state index in [-0.39, 0.29) is 11.9 Å². The van der Waals surface area contributed by atoms with Crippen molar-refractivity contribution in [3.8, 4) is 0 Å². The summed E-state index contributed by atoms with van der Waals surface area (Å²) < 4.78 is 2.18. The van der Waals surface area contributed by atoms with Gasteiger partial charge in [-0.1, -0.05) is 78.9 Å². The molecule has 1 amide bonds. The summed E-state index contributed by atoms with van der Waals surface area (Å²) in [4.78, 5) is 18.2. The number of piperazine rings is 1. The largest absolute Gasteiger partial charge is 0.337 e. The van der Waals surface area contributed by atoms with Crippen LogP contribution < -0.4 is 0 Å². The molecule has 0 bridgehead atoms. The van der Waals surface area contributed by atoms with Gasteiger partial charge in [0.15, 0.2) is 0 Å². The third-order valence-corrected chi connectivity index (χ3v) is 6.94. The number of amides is 1. The summed E-state index contributed by atoms with van der Waals surface area (Å²) in [5, 5.41) is 1.18. The lowest BCUT2D eigenvalue weighted by Crippen LogP contribution is -2.50. The number of carbonyl (C=O) groups is 1. The van der Waals surface area contributed by atoms with Gasteiger partial charge in [-0.2, -0.15) is 0 Å². The fourth-order valence-electron chi connectivity index (χ4n) is 5.30. The first-order chi connectivity index (χ1) is 16.2. The van der Waals surface area contributed by atoms with Gasteiger partial charge in [0, 0.05) is 43.6 Å². The lowest BCUT2D eigenvalue weighted by Gasteiger charge is -2.40. The first kappa shape index (κ1) is 21.5. The van der Waals surface area contributed by atoms with E-state index in [0.717, 1.165) is 49.5 Å². The van der Waals surface area contributed by atoms with Crippen molar-refractivity contribution < 1.29 is 4.79 Å². The molecule has 4 nitrogen and oxygen atoms in total. The van der Waals surface area contributed by atoms with Crippen molar-refractivity contribution in [3.05, 3.63) is 107 Å². The maximum atomic E-state index is 13.7. The molecule has 0 spiro atoms. The minimum Gasteiger partial charge on any atom is -0.337 e. The van der Waals surface area contributed by atoms with E-state index in [1.807, 2.05) is 11.0 Å². The van der Waals surface area contributed by atoms with Crippen LogP contribution in [0.25, 0.3) is 10.9 Å². The molecule has 3 aromatic carbocycles. The number of hydrogen-bond acceptors (Lipinski definition) is 2. The molecule has 4 aromatic rings. The van der Waals surface area contributed by atoms with Gasteiger partial charge in [-0.25, -0.2) is 0 Å². The van der Waals surface area contributed by atoms with Crippen LogP contribution in [0, 0.1) is 6.92 Å².